The Balaban J connectivity index is 1.16. The van der Waals surface area contributed by atoms with Crippen molar-refractivity contribution >= 4 is 11.8 Å². The molecule has 148 valence electrons. The number of carbonyl (C=O) groups is 1. The Morgan fingerprint density at radius 2 is 1.93 bits per heavy atom. The molecule has 6 rings (SSSR count). The number of hydrogen-bond donors (Lipinski definition) is 2. The molecule has 0 aromatic heterocycles. The zero-order chi connectivity index (χ0) is 19.3. The van der Waals surface area contributed by atoms with Crippen molar-refractivity contribution < 1.29 is 14.6 Å². The summed E-state index contributed by atoms with van der Waals surface area (Å²) in [6.45, 7) is 1.33. The van der Waals surface area contributed by atoms with Crippen molar-refractivity contribution in [2.45, 2.75) is 56.3 Å². The molecule has 1 heterocycles. The van der Waals surface area contributed by atoms with Gasteiger partial charge in [-0.1, -0.05) is 0 Å². The minimum atomic E-state index is -0.497. The summed E-state index contributed by atoms with van der Waals surface area (Å²) in [6.07, 6.45) is 5.38. The number of hydrogen-bond acceptors (Lipinski definition) is 5. The van der Waals surface area contributed by atoms with Gasteiger partial charge >= 0.3 is 6.09 Å². The summed E-state index contributed by atoms with van der Waals surface area (Å²) in [5, 5.41) is 23.0. The highest BCUT2D eigenvalue weighted by Gasteiger charge is 2.56. The normalized spacial score (nSPS) is 38.3. The first kappa shape index (κ1) is 17.8. The van der Waals surface area contributed by atoms with Crippen molar-refractivity contribution in [3.05, 3.63) is 29.8 Å². The summed E-state index contributed by atoms with van der Waals surface area (Å²) in [5.41, 5.74) is 1.11. The fourth-order valence-electron chi connectivity index (χ4n) is 6.24. The number of nitrogens with one attached hydrogen (secondary N) is 1. The van der Waals surface area contributed by atoms with Crippen LogP contribution in [0.2, 0.25) is 0 Å². The lowest BCUT2D eigenvalue weighted by Crippen LogP contribution is -2.58. The van der Waals surface area contributed by atoms with Gasteiger partial charge in [0.1, 0.15) is 6.10 Å². The third kappa shape index (κ3) is 3.22. The first-order valence-corrected chi connectivity index (χ1v) is 10.5. The molecule has 4 bridgehead atoms. The molecule has 3 unspecified atom stereocenters. The van der Waals surface area contributed by atoms with Gasteiger partial charge in [-0.15, -0.1) is 0 Å². The SMILES string of the molecule is N#Cc1ccc(N[C@@H]2CCN(C(=O)OC3C4CC5C[C@H]3C[C@@](O)(C5)C4)C2)cc1. The maximum Gasteiger partial charge on any atom is 0.410 e. The average Bonchev–Trinajstić information content (AvgIpc) is 3.12. The molecule has 1 aromatic rings. The lowest BCUT2D eigenvalue weighted by Gasteiger charge is -2.57. The van der Waals surface area contributed by atoms with Crippen molar-refractivity contribution in [2.24, 2.45) is 17.8 Å². The van der Waals surface area contributed by atoms with Crippen LogP contribution >= 0.6 is 0 Å². The Labute approximate surface area is 165 Å². The summed E-state index contributed by atoms with van der Waals surface area (Å²) in [6, 6.07) is 9.71. The number of nitrogens with zero attached hydrogens (tertiary/aromatic N) is 2. The van der Waals surface area contributed by atoms with Crippen LogP contribution < -0.4 is 5.32 Å². The highest BCUT2D eigenvalue weighted by molar-refractivity contribution is 5.68. The highest BCUT2D eigenvalue weighted by atomic mass is 16.6. The van der Waals surface area contributed by atoms with Crippen LogP contribution in [0.4, 0.5) is 10.5 Å². The Morgan fingerprint density at radius 1 is 1.21 bits per heavy atom. The number of likely N-dealkylation sites (tertiary alicyclic amines) is 1. The molecule has 0 radical (unpaired) electrons. The second-order valence-electron chi connectivity index (χ2n) is 9.31. The maximum atomic E-state index is 12.8. The van der Waals surface area contributed by atoms with Gasteiger partial charge in [-0.25, -0.2) is 4.79 Å². The van der Waals surface area contributed by atoms with Crippen molar-refractivity contribution in [2.75, 3.05) is 18.4 Å². The van der Waals surface area contributed by atoms with Gasteiger partial charge in [0.15, 0.2) is 0 Å². The van der Waals surface area contributed by atoms with Crippen molar-refractivity contribution in [3.8, 4) is 6.07 Å². The zero-order valence-electron chi connectivity index (χ0n) is 16.0. The maximum absolute atomic E-state index is 12.8. The molecule has 5 aliphatic rings. The fourth-order valence-corrected chi connectivity index (χ4v) is 6.24. The van der Waals surface area contributed by atoms with Gasteiger partial charge in [0.05, 0.1) is 17.2 Å². The van der Waals surface area contributed by atoms with Crippen LogP contribution in [-0.2, 0) is 4.74 Å². The number of ether oxygens (including phenoxy) is 1. The Morgan fingerprint density at radius 3 is 2.57 bits per heavy atom. The Kier molecular flexibility index (Phi) is 4.24. The molecule has 4 saturated carbocycles. The van der Waals surface area contributed by atoms with Gasteiger partial charge in [0.2, 0.25) is 0 Å². The number of rotatable bonds is 3. The van der Waals surface area contributed by atoms with Crippen molar-refractivity contribution in [1.29, 1.82) is 5.26 Å². The minimum absolute atomic E-state index is 0.0186. The summed E-state index contributed by atoms with van der Waals surface area (Å²) >= 11 is 0. The number of benzene rings is 1. The molecule has 4 aliphatic carbocycles. The molecule has 5 fully saturated rings. The molecule has 28 heavy (non-hydrogen) atoms. The van der Waals surface area contributed by atoms with Crippen LogP contribution in [0.1, 0.15) is 44.1 Å². The first-order chi connectivity index (χ1) is 13.5. The molecule has 6 atom stereocenters. The van der Waals surface area contributed by atoms with E-state index in [9.17, 15) is 9.90 Å². The molecule has 0 spiro atoms. The average molecular weight is 381 g/mol. The number of amides is 1. The molecule has 1 saturated heterocycles. The van der Waals surface area contributed by atoms with Crippen LogP contribution in [0.5, 0.6) is 0 Å². The summed E-state index contributed by atoms with van der Waals surface area (Å²) in [5.74, 6) is 1.27. The van der Waals surface area contributed by atoms with E-state index in [-0.39, 0.29) is 18.2 Å². The van der Waals surface area contributed by atoms with E-state index in [0.29, 0.717) is 36.4 Å². The van der Waals surface area contributed by atoms with Gasteiger partial charge in [-0.3, -0.25) is 0 Å². The molecule has 6 nitrogen and oxygen atoms in total. The van der Waals surface area contributed by atoms with Crippen LogP contribution in [0, 0.1) is 29.1 Å². The molecule has 1 aromatic carbocycles. The van der Waals surface area contributed by atoms with Gasteiger partial charge in [-0.05, 0) is 80.5 Å². The summed E-state index contributed by atoms with van der Waals surface area (Å²) < 4.78 is 6.00. The number of nitriles is 1. The first-order valence-electron chi connectivity index (χ1n) is 10.5. The molecule has 1 amide bonds. The van der Waals surface area contributed by atoms with Crippen LogP contribution in [0.25, 0.3) is 0 Å². The van der Waals surface area contributed by atoms with Crippen LogP contribution in [0.15, 0.2) is 24.3 Å². The summed E-state index contributed by atoms with van der Waals surface area (Å²) in [7, 11) is 0. The lowest BCUT2D eigenvalue weighted by atomic mass is 9.53. The third-order valence-electron chi connectivity index (χ3n) is 7.22. The minimum Gasteiger partial charge on any atom is -0.446 e. The van der Waals surface area contributed by atoms with Crippen molar-refractivity contribution in [1.82, 2.24) is 4.90 Å². The van der Waals surface area contributed by atoms with E-state index >= 15 is 0 Å². The highest BCUT2D eigenvalue weighted by Crippen LogP contribution is 2.56. The van der Waals surface area contributed by atoms with Gasteiger partial charge in [0.25, 0.3) is 0 Å². The molecule has 2 N–H and O–H groups in total. The fraction of sp³-hybridized carbons (Fsp3) is 0.636. The molecule has 6 heteroatoms. The van der Waals surface area contributed by atoms with Crippen molar-refractivity contribution in [3.63, 3.8) is 0 Å². The third-order valence-corrected chi connectivity index (χ3v) is 7.22. The standard InChI is InChI=1S/C22H27N3O3/c23-12-14-1-3-18(4-2-14)24-19-5-6-25(13-19)21(26)28-20-16-7-15-8-17(20)11-22(27,9-15)10-16/h1-4,15-17,19-20,24,27H,5-11,13H2/t15?,16-,17?,19+,20?,22-/m0/s1. The monoisotopic (exact) mass is 381 g/mol. The Hall–Kier alpha value is -2.26. The quantitative estimate of drug-likeness (QED) is 0.840. The smallest absolute Gasteiger partial charge is 0.410 e. The molecule has 1 aliphatic heterocycles. The second kappa shape index (κ2) is 6.66. The molecular weight excluding hydrogens is 354 g/mol. The van der Waals surface area contributed by atoms with Crippen LogP contribution in [0.3, 0.4) is 0 Å². The van der Waals surface area contributed by atoms with E-state index in [2.05, 4.69) is 11.4 Å². The Bertz CT molecular complexity index is 786. The largest absolute Gasteiger partial charge is 0.446 e. The van der Waals surface area contributed by atoms with E-state index < -0.39 is 5.60 Å². The van der Waals surface area contributed by atoms with E-state index in [1.54, 1.807) is 17.0 Å². The van der Waals surface area contributed by atoms with Gasteiger partial charge in [-0.2, -0.15) is 5.26 Å². The number of anilines is 1. The topological polar surface area (TPSA) is 85.6 Å². The number of aliphatic hydroxyl groups is 1. The van der Waals surface area contributed by atoms with E-state index in [4.69, 9.17) is 10.00 Å². The summed E-state index contributed by atoms with van der Waals surface area (Å²) in [4.78, 5) is 14.6. The van der Waals surface area contributed by atoms with E-state index in [0.717, 1.165) is 44.2 Å². The zero-order valence-corrected chi connectivity index (χ0v) is 16.0. The van der Waals surface area contributed by atoms with E-state index in [1.165, 1.54) is 0 Å². The van der Waals surface area contributed by atoms with Crippen LogP contribution in [-0.4, -0.2) is 46.9 Å². The second-order valence-corrected chi connectivity index (χ2v) is 9.31. The predicted octanol–water partition coefficient (Wildman–Crippen LogP) is 3.12. The lowest BCUT2D eigenvalue weighted by molar-refractivity contribution is -0.177. The number of carbonyl (C=O) groups excluding carboxylic acids is 1. The van der Waals surface area contributed by atoms with Gasteiger partial charge in [0, 0.05) is 24.8 Å². The van der Waals surface area contributed by atoms with Gasteiger partial charge < -0.3 is 20.1 Å². The predicted molar refractivity (Wildman–Crippen MR) is 104 cm³/mol. The molecular formula is C22H27N3O3. The van der Waals surface area contributed by atoms with E-state index in [1.807, 2.05) is 12.1 Å².